The number of halogens is 1. The zero-order valence-corrected chi connectivity index (χ0v) is 11.7. The van der Waals surface area contributed by atoms with Crippen molar-refractivity contribution in [1.82, 2.24) is 20.5 Å². The molecule has 0 aliphatic carbocycles. The minimum Gasteiger partial charge on any atom is -0.343 e. The van der Waals surface area contributed by atoms with E-state index >= 15 is 0 Å². The molecule has 0 bridgehead atoms. The highest BCUT2D eigenvalue weighted by molar-refractivity contribution is 9.10. The number of aromatic amines is 1. The van der Waals surface area contributed by atoms with Gasteiger partial charge in [0.25, 0.3) is 5.91 Å². The van der Waals surface area contributed by atoms with Crippen molar-refractivity contribution >= 4 is 21.8 Å². The molecule has 94 valence electrons. The van der Waals surface area contributed by atoms with Crippen LogP contribution in [-0.4, -0.2) is 21.1 Å². The number of H-pyrrole nitrogens is 1. The fraction of sp³-hybridized carbons (Fsp3) is 0.250. The third kappa shape index (κ3) is 2.95. The SMILES string of the molecule is Cc1nc(C(=O)N[C@@H](C)c2ccc(Br)cc2)n[nH]1. The molecule has 1 atom stereocenters. The molecule has 0 radical (unpaired) electrons. The molecule has 1 aromatic heterocycles. The highest BCUT2D eigenvalue weighted by atomic mass is 79.9. The van der Waals surface area contributed by atoms with Crippen molar-refractivity contribution in [2.45, 2.75) is 19.9 Å². The second-order valence-corrected chi connectivity index (χ2v) is 4.91. The summed E-state index contributed by atoms with van der Waals surface area (Å²) in [6, 6.07) is 7.70. The Balaban J connectivity index is 2.05. The van der Waals surface area contributed by atoms with Crippen molar-refractivity contribution < 1.29 is 4.79 Å². The normalized spacial score (nSPS) is 12.2. The Labute approximate surface area is 113 Å². The van der Waals surface area contributed by atoms with Crippen LogP contribution in [0.3, 0.4) is 0 Å². The van der Waals surface area contributed by atoms with Crippen LogP contribution in [0.15, 0.2) is 28.7 Å². The molecule has 6 heteroatoms. The predicted molar refractivity (Wildman–Crippen MR) is 71.1 cm³/mol. The number of rotatable bonds is 3. The van der Waals surface area contributed by atoms with Crippen LogP contribution in [0.25, 0.3) is 0 Å². The Morgan fingerprint density at radius 3 is 2.61 bits per heavy atom. The van der Waals surface area contributed by atoms with Gasteiger partial charge in [-0.3, -0.25) is 9.89 Å². The molecule has 0 saturated carbocycles. The van der Waals surface area contributed by atoms with Gasteiger partial charge in [0, 0.05) is 4.47 Å². The molecule has 0 aliphatic heterocycles. The van der Waals surface area contributed by atoms with Crippen molar-refractivity contribution in [3.8, 4) is 0 Å². The number of carbonyl (C=O) groups excluding carboxylic acids is 1. The second kappa shape index (κ2) is 5.30. The number of aryl methyl sites for hydroxylation is 1. The molecule has 2 rings (SSSR count). The van der Waals surface area contributed by atoms with Gasteiger partial charge in [0.1, 0.15) is 5.82 Å². The van der Waals surface area contributed by atoms with E-state index in [0.717, 1.165) is 10.0 Å². The van der Waals surface area contributed by atoms with Crippen LogP contribution in [0, 0.1) is 6.92 Å². The van der Waals surface area contributed by atoms with Crippen LogP contribution in [-0.2, 0) is 0 Å². The summed E-state index contributed by atoms with van der Waals surface area (Å²) < 4.78 is 1.01. The molecule has 18 heavy (non-hydrogen) atoms. The van der Waals surface area contributed by atoms with Crippen LogP contribution < -0.4 is 5.32 Å². The highest BCUT2D eigenvalue weighted by Crippen LogP contribution is 2.16. The van der Waals surface area contributed by atoms with Crippen molar-refractivity contribution in [2.24, 2.45) is 0 Å². The third-order valence-electron chi connectivity index (χ3n) is 2.52. The van der Waals surface area contributed by atoms with E-state index in [9.17, 15) is 4.79 Å². The standard InChI is InChI=1S/C12H13BrN4O/c1-7(9-3-5-10(13)6-4-9)14-12(18)11-15-8(2)16-17-11/h3-7H,1-2H3,(H,14,18)(H,15,16,17)/t7-/m0/s1. The second-order valence-electron chi connectivity index (χ2n) is 3.99. The molecule has 0 spiro atoms. The van der Waals surface area contributed by atoms with Gasteiger partial charge < -0.3 is 5.32 Å². The number of hydrogen-bond donors (Lipinski definition) is 2. The summed E-state index contributed by atoms with van der Waals surface area (Å²) in [5.41, 5.74) is 1.03. The molecule has 0 fully saturated rings. The van der Waals surface area contributed by atoms with E-state index < -0.39 is 0 Å². The van der Waals surface area contributed by atoms with Crippen LogP contribution in [0.2, 0.25) is 0 Å². The molecule has 2 aromatic rings. The summed E-state index contributed by atoms with van der Waals surface area (Å²) >= 11 is 3.37. The van der Waals surface area contributed by atoms with Gasteiger partial charge in [-0.2, -0.15) is 0 Å². The highest BCUT2D eigenvalue weighted by Gasteiger charge is 2.14. The number of nitrogens with zero attached hydrogens (tertiary/aromatic N) is 2. The lowest BCUT2D eigenvalue weighted by atomic mass is 10.1. The van der Waals surface area contributed by atoms with E-state index in [1.165, 1.54) is 0 Å². The van der Waals surface area contributed by atoms with E-state index in [4.69, 9.17) is 0 Å². The van der Waals surface area contributed by atoms with Gasteiger partial charge in [0.05, 0.1) is 6.04 Å². The molecule has 0 unspecified atom stereocenters. The first-order valence-electron chi connectivity index (χ1n) is 5.51. The van der Waals surface area contributed by atoms with Gasteiger partial charge in [-0.25, -0.2) is 4.98 Å². The monoisotopic (exact) mass is 308 g/mol. The minimum absolute atomic E-state index is 0.0931. The molecule has 0 saturated heterocycles. The zero-order valence-electron chi connectivity index (χ0n) is 10.1. The van der Waals surface area contributed by atoms with Crippen molar-refractivity contribution in [3.05, 3.63) is 46.0 Å². The van der Waals surface area contributed by atoms with Gasteiger partial charge in [-0.1, -0.05) is 28.1 Å². The Hall–Kier alpha value is -1.69. The Kier molecular flexibility index (Phi) is 3.76. The number of nitrogens with one attached hydrogen (secondary N) is 2. The molecular weight excluding hydrogens is 296 g/mol. The lowest BCUT2D eigenvalue weighted by Crippen LogP contribution is -2.27. The zero-order chi connectivity index (χ0) is 13.1. The van der Waals surface area contributed by atoms with Gasteiger partial charge in [-0.05, 0) is 31.5 Å². The van der Waals surface area contributed by atoms with E-state index in [0.29, 0.717) is 5.82 Å². The number of benzene rings is 1. The summed E-state index contributed by atoms with van der Waals surface area (Å²) in [5.74, 6) is 0.502. The first kappa shape index (κ1) is 12.8. The number of aromatic nitrogens is 3. The minimum atomic E-state index is -0.283. The van der Waals surface area contributed by atoms with Crippen LogP contribution in [0.1, 0.15) is 35.0 Å². The topological polar surface area (TPSA) is 70.7 Å². The maximum Gasteiger partial charge on any atom is 0.291 e. The Morgan fingerprint density at radius 1 is 1.39 bits per heavy atom. The first-order chi connectivity index (χ1) is 8.56. The summed E-state index contributed by atoms with van der Waals surface area (Å²) in [6.07, 6.45) is 0. The summed E-state index contributed by atoms with van der Waals surface area (Å²) in [6.45, 7) is 3.67. The maximum absolute atomic E-state index is 11.8. The van der Waals surface area contributed by atoms with Gasteiger partial charge >= 0.3 is 0 Å². The Morgan fingerprint density at radius 2 is 2.06 bits per heavy atom. The fourth-order valence-corrected chi connectivity index (χ4v) is 1.80. The van der Waals surface area contributed by atoms with E-state index in [1.54, 1.807) is 6.92 Å². The smallest absolute Gasteiger partial charge is 0.291 e. The van der Waals surface area contributed by atoms with E-state index in [2.05, 4.69) is 36.4 Å². The van der Waals surface area contributed by atoms with Gasteiger partial charge in [-0.15, -0.1) is 5.10 Å². The summed E-state index contributed by atoms with van der Waals surface area (Å²) in [7, 11) is 0. The van der Waals surface area contributed by atoms with Gasteiger partial charge in [0.2, 0.25) is 5.82 Å². The Bertz CT molecular complexity index is 549. The number of carbonyl (C=O) groups is 1. The molecule has 1 heterocycles. The van der Waals surface area contributed by atoms with Gasteiger partial charge in [0.15, 0.2) is 0 Å². The van der Waals surface area contributed by atoms with Crippen LogP contribution >= 0.6 is 15.9 Å². The molecular formula is C12H13BrN4O. The molecule has 0 aliphatic rings. The van der Waals surface area contributed by atoms with Crippen LogP contribution in [0.4, 0.5) is 0 Å². The fourth-order valence-electron chi connectivity index (χ4n) is 1.54. The number of amides is 1. The average Bonchev–Trinajstić information content (AvgIpc) is 2.76. The third-order valence-corrected chi connectivity index (χ3v) is 3.05. The van der Waals surface area contributed by atoms with Crippen molar-refractivity contribution in [2.75, 3.05) is 0 Å². The lowest BCUT2D eigenvalue weighted by molar-refractivity contribution is 0.0929. The molecule has 1 amide bonds. The average molecular weight is 309 g/mol. The molecule has 5 nitrogen and oxygen atoms in total. The molecule has 1 aromatic carbocycles. The van der Waals surface area contributed by atoms with Crippen molar-refractivity contribution in [3.63, 3.8) is 0 Å². The number of hydrogen-bond acceptors (Lipinski definition) is 3. The van der Waals surface area contributed by atoms with Crippen LogP contribution in [0.5, 0.6) is 0 Å². The first-order valence-corrected chi connectivity index (χ1v) is 6.31. The summed E-state index contributed by atoms with van der Waals surface area (Å²) in [5, 5.41) is 9.31. The molecule has 2 N–H and O–H groups in total. The van der Waals surface area contributed by atoms with E-state index in [-0.39, 0.29) is 17.8 Å². The maximum atomic E-state index is 11.8. The van der Waals surface area contributed by atoms with Crippen molar-refractivity contribution in [1.29, 1.82) is 0 Å². The predicted octanol–water partition coefficient (Wildman–Crippen LogP) is 2.37. The summed E-state index contributed by atoms with van der Waals surface area (Å²) in [4.78, 5) is 15.8. The van der Waals surface area contributed by atoms with E-state index in [1.807, 2.05) is 31.2 Å². The largest absolute Gasteiger partial charge is 0.343 e. The lowest BCUT2D eigenvalue weighted by Gasteiger charge is -2.12. The quantitative estimate of drug-likeness (QED) is 0.914.